The van der Waals surface area contributed by atoms with Crippen molar-refractivity contribution in [2.24, 2.45) is 0 Å². The van der Waals surface area contributed by atoms with Gasteiger partial charge in [0, 0.05) is 36.7 Å². The molecular formula is C15H18N4O. The van der Waals surface area contributed by atoms with Crippen molar-refractivity contribution in [2.75, 3.05) is 18.4 Å². The van der Waals surface area contributed by atoms with Crippen LogP contribution in [0.5, 0.6) is 0 Å². The van der Waals surface area contributed by atoms with Crippen LogP contribution in [-0.2, 0) is 13.0 Å². The Bertz CT molecular complexity index is 592. The summed E-state index contributed by atoms with van der Waals surface area (Å²) in [6.45, 7) is 2.28. The van der Waals surface area contributed by atoms with Gasteiger partial charge in [0.2, 0.25) is 0 Å². The number of amides is 1. The summed E-state index contributed by atoms with van der Waals surface area (Å²) in [6, 6.07) is 7.74. The van der Waals surface area contributed by atoms with E-state index in [1.54, 1.807) is 10.9 Å². The molecule has 20 heavy (non-hydrogen) atoms. The first-order valence-corrected chi connectivity index (χ1v) is 6.95. The maximum absolute atomic E-state index is 12.1. The zero-order valence-corrected chi connectivity index (χ0v) is 11.3. The third-order valence-corrected chi connectivity index (χ3v) is 3.49. The number of aryl methyl sites for hydroxylation is 1. The normalized spacial score (nSPS) is 13.4. The molecule has 5 nitrogen and oxygen atoms in total. The van der Waals surface area contributed by atoms with Crippen LogP contribution in [0.2, 0.25) is 0 Å². The fourth-order valence-electron chi connectivity index (χ4n) is 2.43. The number of hydrogen-bond acceptors (Lipinski definition) is 3. The Hall–Kier alpha value is -2.30. The van der Waals surface area contributed by atoms with Gasteiger partial charge in [-0.3, -0.25) is 9.48 Å². The third-order valence-electron chi connectivity index (χ3n) is 3.49. The van der Waals surface area contributed by atoms with E-state index in [-0.39, 0.29) is 5.91 Å². The summed E-state index contributed by atoms with van der Waals surface area (Å²) in [6.07, 6.45) is 5.78. The Kier molecular flexibility index (Phi) is 3.67. The summed E-state index contributed by atoms with van der Waals surface area (Å²) < 4.78 is 1.80. The van der Waals surface area contributed by atoms with E-state index in [0.29, 0.717) is 13.1 Å². The number of anilines is 1. The van der Waals surface area contributed by atoms with Crippen molar-refractivity contribution in [3.05, 3.63) is 47.8 Å². The van der Waals surface area contributed by atoms with Gasteiger partial charge in [-0.1, -0.05) is 0 Å². The van der Waals surface area contributed by atoms with E-state index in [1.165, 1.54) is 5.56 Å². The lowest BCUT2D eigenvalue weighted by atomic mass is 10.0. The second-order valence-corrected chi connectivity index (χ2v) is 4.93. The van der Waals surface area contributed by atoms with Gasteiger partial charge in [0.1, 0.15) is 0 Å². The van der Waals surface area contributed by atoms with Gasteiger partial charge >= 0.3 is 0 Å². The minimum atomic E-state index is -0.0227. The van der Waals surface area contributed by atoms with Gasteiger partial charge in [-0.05, 0) is 42.7 Å². The number of aromatic nitrogens is 2. The minimum Gasteiger partial charge on any atom is -0.385 e. The molecule has 0 spiro atoms. The lowest BCUT2D eigenvalue weighted by Gasteiger charge is -2.18. The van der Waals surface area contributed by atoms with E-state index in [2.05, 4.69) is 15.7 Å². The number of fused-ring (bicyclic) bond motifs is 1. The highest BCUT2D eigenvalue weighted by atomic mass is 16.1. The summed E-state index contributed by atoms with van der Waals surface area (Å²) in [5.74, 6) is -0.0227. The van der Waals surface area contributed by atoms with Crippen molar-refractivity contribution in [1.29, 1.82) is 0 Å². The van der Waals surface area contributed by atoms with Gasteiger partial charge < -0.3 is 10.6 Å². The molecule has 0 bridgehead atoms. The van der Waals surface area contributed by atoms with Gasteiger partial charge in [-0.15, -0.1) is 0 Å². The quantitative estimate of drug-likeness (QED) is 0.888. The Morgan fingerprint density at radius 2 is 2.40 bits per heavy atom. The molecule has 1 aromatic carbocycles. The SMILES string of the molecule is O=C(NCCn1cccn1)c1ccc2c(c1)CCCN2. The highest BCUT2D eigenvalue weighted by molar-refractivity contribution is 5.94. The van der Waals surface area contributed by atoms with Crippen molar-refractivity contribution < 1.29 is 4.79 Å². The van der Waals surface area contributed by atoms with E-state index in [4.69, 9.17) is 0 Å². The van der Waals surface area contributed by atoms with Crippen LogP contribution in [0.3, 0.4) is 0 Å². The molecule has 1 aromatic heterocycles. The number of nitrogens with zero attached hydrogens (tertiary/aromatic N) is 2. The van der Waals surface area contributed by atoms with E-state index in [1.807, 2.05) is 30.5 Å². The zero-order chi connectivity index (χ0) is 13.8. The Morgan fingerprint density at radius 1 is 1.45 bits per heavy atom. The van der Waals surface area contributed by atoms with E-state index in [9.17, 15) is 4.79 Å². The predicted molar refractivity (Wildman–Crippen MR) is 77.8 cm³/mol. The number of nitrogens with one attached hydrogen (secondary N) is 2. The standard InChI is InChI=1S/C15H18N4O/c20-15(17-8-10-19-9-2-7-18-19)13-4-5-14-12(11-13)3-1-6-16-14/h2,4-5,7,9,11,16H,1,3,6,8,10H2,(H,17,20). The van der Waals surface area contributed by atoms with Crippen molar-refractivity contribution in [2.45, 2.75) is 19.4 Å². The molecule has 104 valence electrons. The minimum absolute atomic E-state index is 0.0227. The van der Waals surface area contributed by atoms with Crippen LogP contribution in [0, 0.1) is 0 Å². The van der Waals surface area contributed by atoms with Crippen molar-refractivity contribution in [3.8, 4) is 0 Å². The molecule has 5 heteroatoms. The molecule has 1 aliphatic heterocycles. The van der Waals surface area contributed by atoms with E-state index in [0.717, 1.165) is 30.6 Å². The van der Waals surface area contributed by atoms with Gasteiger partial charge in [-0.2, -0.15) is 5.10 Å². The molecule has 0 aliphatic carbocycles. The molecule has 2 N–H and O–H groups in total. The second kappa shape index (κ2) is 5.77. The van der Waals surface area contributed by atoms with Crippen molar-refractivity contribution >= 4 is 11.6 Å². The molecule has 0 radical (unpaired) electrons. The van der Waals surface area contributed by atoms with Gasteiger partial charge in [0.25, 0.3) is 5.91 Å². The predicted octanol–water partition coefficient (Wildman–Crippen LogP) is 1.67. The number of rotatable bonds is 4. The maximum Gasteiger partial charge on any atom is 0.251 e. The van der Waals surface area contributed by atoms with Crippen molar-refractivity contribution in [1.82, 2.24) is 15.1 Å². The summed E-state index contributed by atoms with van der Waals surface area (Å²) in [4.78, 5) is 12.1. The lowest BCUT2D eigenvalue weighted by molar-refractivity contribution is 0.0952. The largest absolute Gasteiger partial charge is 0.385 e. The fourth-order valence-corrected chi connectivity index (χ4v) is 2.43. The highest BCUT2D eigenvalue weighted by Crippen LogP contribution is 2.22. The number of benzene rings is 1. The van der Waals surface area contributed by atoms with E-state index < -0.39 is 0 Å². The second-order valence-electron chi connectivity index (χ2n) is 4.93. The van der Waals surface area contributed by atoms with Crippen LogP contribution in [0.4, 0.5) is 5.69 Å². The molecule has 0 saturated carbocycles. The van der Waals surface area contributed by atoms with Crippen LogP contribution >= 0.6 is 0 Å². The molecular weight excluding hydrogens is 252 g/mol. The zero-order valence-electron chi connectivity index (χ0n) is 11.3. The summed E-state index contributed by atoms with van der Waals surface area (Å²) in [7, 11) is 0. The first-order valence-electron chi connectivity index (χ1n) is 6.95. The molecule has 0 atom stereocenters. The first-order chi connectivity index (χ1) is 9.83. The van der Waals surface area contributed by atoms with Crippen LogP contribution in [0.15, 0.2) is 36.7 Å². The maximum atomic E-state index is 12.1. The smallest absolute Gasteiger partial charge is 0.251 e. The number of carbonyl (C=O) groups excluding carboxylic acids is 1. The van der Waals surface area contributed by atoms with Gasteiger partial charge in [0.15, 0.2) is 0 Å². The molecule has 0 fully saturated rings. The molecule has 0 unspecified atom stereocenters. The van der Waals surface area contributed by atoms with Crippen molar-refractivity contribution in [3.63, 3.8) is 0 Å². The Morgan fingerprint density at radius 3 is 3.25 bits per heavy atom. The third kappa shape index (κ3) is 2.82. The molecule has 1 aliphatic rings. The highest BCUT2D eigenvalue weighted by Gasteiger charge is 2.12. The first kappa shape index (κ1) is 12.7. The molecule has 0 saturated heterocycles. The summed E-state index contributed by atoms with van der Waals surface area (Å²) >= 11 is 0. The van der Waals surface area contributed by atoms with Crippen LogP contribution < -0.4 is 10.6 Å². The summed E-state index contributed by atoms with van der Waals surface area (Å²) in [5, 5.41) is 10.4. The molecule has 1 amide bonds. The van der Waals surface area contributed by atoms with E-state index >= 15 is 0 Å². The Labute approximate surface area is 118 Å². The van der Waals surface area contributed by atoms with Crippen LogP contribution in [0.25, 0.3) is 0 Å². The Balaban J connectivity index is 1.59. The number of carbonyl (C=O) groups is 1. The van der Waals surface area contributed by atoms with Crippen LogP contribution in [0.1, 0.15) is 22.3 Å². The van der Waals surface area contributed by atoms with Gasteiger partial charge in [-0.25, -0.2) is 0 Å². The number of hydrogen-bond donors (Lipinski definition) is 2. The molecule has 3 rings (SSSR count). The monoisotopic (exact) mass is 270 g/mol. The fraction of sp³-hybridized carbons (Fsp3) is 0.333. The average molecular weight is 270 g/mol. The summed E-state index contributed by atoms with van der Waals surface area (Å²) in [5.41, 5.74) is 3.12. The molecule has 2 aromatic rings. The van der Waals surface area contributed by atoms with Crippen LogP contribution in [-0.4, -0.2) is 28.8 Å². The molecule has 2 heterocycles. The lowest BCUT2D eigenvalue weighted by Crippen LogP contribution is -2.27. The topological polar surface area (TPSA) is 59.0 Å². The van der Waals surface area contributed by atoms with Gasteiger partial charge in [0.05, 0.1) is 6.54 Å². The average Bonchev–Trinajstić information content (AvgIpc) is 3.00.